The van der Waals surface area contributed by atoms with E-state index in [1.807, 2.05) is 0 Å². The summed E-state index contributed by atoms with van der Waals surface area (Å²) in [5.74, 6) is 0. The third-order valence-electron chi connectivity index (χ3n) is 2.14. The Kier molecular flexibility index (Phi) is 3.53. The van der Waals surface area contributed by atoms with E-state index in [2.05, 4.69) is 4.18 Å². The van der Waals surface area contributed by atoms with Crippen molar-refractivity contribution in [2.24, 2.45) is 0 Å². The third-order valence-corrected chi connectivity index (χ3v) is 2.77. The second kappa shape index (κ2) is 4.33. The molecule has 2 N–H and O–H groups in total. The number of amides is 1. The Balaban J connectivity index is 2.65. The molecule has 1 fully saturated rings. The summed E-state index contributed by atoms with van der Waals surface area (Å²) in [6.07, 6.45) is -0.790. The van der Waals surface area contributed by atoms with Crippen LogP contribution in [-0.2, 0) is 14.3 Å². The SMILES string of the molecule is CS(=O)(=O)OC1CC(CO)N(C(=O)O)C1. The van der Waals surface area contributed by atoms with Gasteiger partial charge in [-0.1, -0.05) is 0 Å². The van der Waals surface area contributed by atoms with Gasteiger partial charge in [-0.05, 0) is 6.42 Å². The van der Waals surface area contributed by atoms with Gasteiger partial charge in [-0.2, -0.15) is 8.42 Å². The molecule has 0 spiro atoms. The first-order chi connectivity index (χ1) is 6.83. The van der Waals surface area contributed by atoms with E-state index in [9.17, 15) is 13.2 Å². The number of likely N-dealkylation sites (tertiary alicyclic amines) is 1. The fourth-order valence-electron chi connectivity index (χ4n) is 1.60. The minimum Gasteiger partial charge on any atom is -0.465 e. The first-order valence-electron chi connectivity index (χ1n) is 4.32. The summed E-state index contributed by atoms with van der Waals surface area (Å²) in [6, 6.07) is -0.589. The summed E-state index contributed by atoms with van der Waals surface area (Å²) in [5, 5.41) is 17.6. The molecule has 1 heterocycles. The lowest BCUT2D eigenvalue weighted by atomic mass is 10.2. The zero-order valence-corrected chi connectivity index (χ0v) is 8.98. The largest absolute Gasteiger partial charge is 0.465 e. The minimum atomic E-state index is -3.59. The highest BCUT2D eigenvalue weighted by Crippen LogP contribution is 2.21. The normalized spacial score (nSPS) is 26.9. The van der Waals surface area contributed by atoms with Crippen LogP contribution < -0.4 is 0 Å². The van der Waals surface area contributed by atoms with Gasteiger partial charge in [0.25, 0.3) is 10.1 Å². The molecule has 0 radical (unpaired) electrons. The number of carbonyl (C=O) groups is 1. The highest BCUT2D eigenvalue weighted by Gasteiger charge is 2.36. The Morgan fingerprint density at radius 2 is 2.20 bits per heavy atom. The van der Waals surface area contributed by atoms with Gasteiger partial charge in [0.15, 0.2) is 0 Å². The van der Waals surface area contributed by atoms with E-state index in [4.69, 9.17) is 10.2 Å². The zero-order valence-electron chi connectivity index (χ0n) is 8.16. The number of aliphatic hydroxyl groups excluding tert-OH is 1. The predicted octanol–water partition coefficient (Wildman–Crippen LogP) is -0.924. The number of rotatable bonds is 3. The van der Waals surface area contributed by atoms with Crippen LogP contribution in [0.5, 0.6) is 0 Å². The maximum atomic E-state index is 10.8. The maximum absolute atomic E-state index is 10.8. The molecule has 7 nitrogen and oxygen atoms in total. The lowest BCUT2D eigenvalue weighted by molar-refractivity contribution is 0.116. The molecule has 0 bridgehead atoms. The number of aliphatic hydroxyl groups is 1. The van der Waals surface area contributed by atoms with Crippen molar-refractivity contribution in [1.29, 1.82) is 0 Å². The van der Waals surface area contributed by atoms with Crippen LogP contribution in [0, 0.1) is 0 Å². The van der Waals surface area contributed by atoms with Gasteiger partial charge in [-0.15, -0.1) is 0 Å². The molecular formula is C7H13NO6S. The van der Waals surface area contributed by atoms with E-state index < -0.39 is 28.4 Å². The second-order valence-electron chi connectivity index (χ2n) is 3.43. The van der Waals surface area contributed by atoms with Crippen LogP contribution in [0.4, 0.5) is 4.79 Å². The summed E-state index contributed by atoms with van der Waals surface area (Å²) in [7, 11) is -3.59. The van der Waals surface area contributed by atoms with Gasteiger partial charge in [0.2, 0.25) is 0 Å². The van der Waals surface area contributed by atoms with Crippen LogP contribution in [0.15, 0.2) is 0 Å². The topological polar surface area (TPSA) is 104 Å². The average Bonchev–Trinajstić information content (AvgIpc) is 2.44. The van der Waals surface area contributed by atoms with Gasteiger partial charge in [0.1, 0.15) is 0 Å². The fourth-order valence-corrected chi connectivity index (χ4v) is 2.23. The van der Waals surface area contributed by atoms with Crippen molar-refractivity contribution in [3.8, 4) is 0 Å². The number of nitrogens with zero attached hydrogens (tertiary/aromatic N) is 1. The van der Waals surface area contributed by atoms with Crippen LogP contribution >= 0.6 is 0 Å². The van der Waals surface area contributed by atoms with Gasteiger partial charge in [-0.25, -0.2) is 4.79 Å². The average molecular weight is 239 g/mol. The van der Waals surface area contributed by atoms with Crippen LogP contribution in [0.1, 0.15) is 6.42 Å². The van der Waals surface area contributed by atoms with Gasteiger partial charge in [-0.3, -0.25) is 4.18 Å². The van der Waals surface area contributed by atoms with Gasteiger partial charge in [0, 0.05) is 0 Å². The van der Waals surface area contributed by atoms with Crippen molar-refractivity contribution in [3.63, 3.8) is 0 Å². The molecule has 2 atom stereocenters. The van der Waals surface area contributed by atoms with E-state index in [1.165, 1.54) is 0 Å². The number of hydrogen-bond acceptors (Lipinski definition) is 5. The number of hydrogen-bond donors (Lipinski definition) is 2. The monoisotopic (exact) mass is 239 g/mol. The Morgan fingerprint density at radius 1 is 1.60 bits per heavy atom. The molecule has 1 amide bonds. The van der Waals surface area contributed by atoms with E-state index in [0.717, 1.165) is 11.2 Å². The smallest absolute Gasteiger partial charge is 0.407 e. The molecule has 0 aromatic heterocycles. The molecule has 0 aromatic carbocycles. The molecular weight excluding hydrogens is 226 g/mol. The third kappa shape index (κ3) is 3.33. The lowest BCUT2D eigenvalue weighted by Gasteiger charge is -2.18. The zero-order chi connectivity index (χ0) is 11.6. The Morgan fingerprint density at radius 3 is 2.53 bits per heavy atom. The molecule has 88 valence electrons. The summed E-state index contributed by atoms with van der Waals surface area (Å²) >= 11 is 0. The summed E-state index contributed by atoms with van der Waals surface area (Å²) in [5.41, 5.74) is 0. The Hall–Kier alpha value is -0.860. The molecule has 0 aromatic rings. The summed E-state index contributed by atoms with van der Waals surface area (Å²) < 4.78 is 26.3. The maximum Gasteiger partial charge on any atom is 0.407 e. The summed E-state index contributed by atoms with van der Waals surface area (Å²) in [4.78, 5) is 11.7. The molecule has 2 unspecified atom stereocenters. The lowest BCUT2D eigenvalue weighted by Crippen LogP contribution is -2.36. The van der Waals surface area contributed by atoms with Crippen LogP contribution in [-0.4, -0.2) is 61.2 Å². The molecule has 0 saturated carbocycles. The van der Waals surface area contributed by atoms with E-state index >= 15 is 0 Å². The highest BCUT2D eigenvalue weighted by molar-refractivity contribution is 7.86. The predicted molar refractivity (Wildman–Crippen MR) is 49.9 cm³/mol. The van der Waals surface area contributed by atoms with Crippen molar-refractivity contribution in [2.75, 3.05) is 19.4 Å². The molecule has 1 aliphatic heterocycles. The van der Waals surface area contributed by atoms with Crippen molar-refractivity contribution in [1.82, 2.24) is 4.90 Å². The molecule has 0 aliphatic carbocycles. The van der Waals surface area contributed by atoms with Crippen LogP contribution in [0.3, 0.4) is 0 Å². The van der Waals surface area contributed by atoms with Gasteiger partial charge >= 0.3 is 6.09 Å². The quantitative estimate of drug-likeness (QED) is 0.617. The van der Waals surface area contributed by atoms with Crippen molar-refractivity contribution in [2.45, 2.75) is 18.6 Å². The Labute approximate surface area is 87.4 Å². The van der Waals surface area contributed by atoms with Crippen LogP contribution in [0.2, 0.25) is 0 Å². The minimum absolute atomic E-state index is 0.0341. The van der Waals surface area contributed by atoms with Crippen molar-refractivity contribution >= 4 is 16.2 Å². The standard InChI is InChI=1S/C7H13NO6S/c1-15(12,13)14-6-2-5(4-9)8(3-6)7(10)11/h5-6,9H,2-4H2,1H3,(H,10,11). The van der Waals surface area contributed by atoms with E-state index in [-0.39, 0.29) is 19.6 Å². The first kappa shape index (κ1) is 12.2. The summed E-state index contributed by atoms with van der Waals surface area (Å²) in [6.45, 7) is -0.371. The molecule has 1 saturated heterocycles. The van der Waals surface area contributed by atoms with E-state index in [0.29, 0.717) is 0 Å². The van der Waals surface area contributed by atoms with Gasteiger partial charge in [0.05, 0.1) is 31.6 Å². The molecule has 15 heavy (non-hydrogen) atoms. The molecule has 1 rings (SSSR count). The first-order valence-corrected chi connectivity index (χ1v) is 6.14. The van der Waals surface area contributed by atoms with Crippen molar-refractivity contribution in [3.05, 3.63) is 0 Å². The second-order valence-corrected chi connectivity index (χ2v) is 5.03. The van der Waals surface area contributed by atoms with Crippen molar-refractivity contribution < 1.29 is 27.6 Å². The van der Waals surface area contributed by atoms with Gasteiger partial charge < -0.3 is 15.1 Å². The van der Waals surface area contributed by atoms with E-state index in [1.54, 1.807) is 0 Å². The van der Waals surface area contributed by atoms with Crippen LogP contribution in [0.25, 0.3) is 0 Å². The molecule has 1 aliphatic rings. The number of carboxylic acid groups (broad SMARTS) is 1. The fraction of sp³-hybridized carbons (Fsp3) is 0.857. The highest BCUT2D eigenvalue weighted by atomic mass is 32.2. The Bertz CT molecular complexity index is 339. The molecule has 8 heteroatoms.